The van der Waals surface area contributed by atoms with E-state index in [9.17, 15) is 4.79 Å². The fraction of sp³-hybridized carbons (Fsp3) is 0.923. The van der Waals surface area contributed by atoms with E-state index in [2.05, 4.69) is 10.2 Å². The van der Waals surface area contributed by atoms with Crippen molar-refractivity contribution in [3.63, 3.8) is 0 Å². The van der Waals surface area contributed by atoms with E-state index in [4.69, 9.17) is 0 Å². The highest BCUT2D eigenvalue weighted by molar-refractivity contribution is 5.76. The first-order chi connectivity index (χ1) is 7.86. The van der Waals surface area contributed by atoms with Crippen molar-refractivity contribution in [3.05, 3.63) is 0 Å². The molecule has 0 aliphatic carbocycles. The number of hydrogen-bond donors (Lipinski definition) is 1. The molecule has 3 nitrogen and oxygen atoms in total. The quantitative estimate of drug-likeness (QED) is 0.794. The van der Waals surface area contributed by atoms with E-state index in [-0.39, 0.29) is 0 Å². The molecule has 1 N–H and O–H groups in total. The molecule has 2 saturated heterocycles. The van der Waals surface area contributed by atoms with Crippen molar-refractivity contribution in [2.75, 3.05) is 19.6 Å². The molecule has 0 spiro atoms. The Balaban J connectivity index is 1.65. The molecule has 0 unspecified atom stereocenters. The maximum Gasteiger partial charge on any atom is 0.222 e. The van der Waals surface area contributed by atoms with Gasteiger partial charge in [0.15, 0.2) is 0 Å². The van der Waals surface area contributed by atoms with Crippen LogP contribution in [0.1, 0.15) is 51.4 Å². The van der Waals surface area contributed by atoms with E-state index >= 15 is 0 Å². The SMILES string of the molecule is O=C(CC[C@H]1CCCCN1)N1CCCCC1. The van der Waals surface area contributed by atoms with E-state index in [1.807, 2.05) is 0 Å². The van der Waals surface area contributed by atoms with Gasteiger partial charge in [-0.25, -0.2) is 0 Å². The molecule has 2 fully saturated rings. The Morgan fingerprint density at radius 1 is 1.12 bits per heavy atom. The summed E-state index contributed by atoms with van der Waals surface area (Å²) in [5.74, 6) is 0.382. The summed E-state index contributed by atoms with van der Waals surface area (Å²) in [6.45, 7) is 3.14. The average Bonchev–Trinajstić information content (AvgIpc) is 2.38. The summed E-state index contributed by atoms with van der Waals surface area (Å²) in [5, 5.41) is 3.51. The monoisotopic (exact) mass is 224 g/mol. The number of rotatable bonds is 3. The molecule has 0 aromatic rings. The summed E-state index contributed by atoms with van der Waals surface area (Å²) in [7, 11) is 0. The molecule has 16 heavy (non-hydrogen) atoms. The first kappa shape index (κ1) is 11.9. The Morgan fingerprint density at radius 2 is 1.94 bits per heavy atom. The molecule has 2 heterocycles. The number of hydrogen-bond acceptors (Lipinski definition) is 2. The predicted octanol–water partition coefficient (Wildman–Crippen LogP) is 1.92. The fourth-order valence-electron chi connectivity index (χ4n) is 2.77. The van der Waals surface area contributed by atoms with Crippen LogP contribution in [0.3, 0.4) is 0 Å². The molecule has 0 saturated carbocycles. The lowest BCUT2D eigenvalue weighted by Gasteiger charge is -2.28. The van der Waals surface area contributed by atoms with Gasteiger partial charge in [-0.1, -0.05) is 6.42 Å². The molecule has 2 aliphatic rings. The summed E-state index contributed by atoms with van der Waals surface area (Å²) < 4.78 is 0. The Labute approximate surface area is 98.6 Å². The normalized spacial score (nSPS) is 26.8. The molecular formula is C13H24N2O. The van der Waals surface area contributed by atoms with Crippen molar-refractivity contribution in [3.8, 4) is 0 Å². The van der Waals surface area contributed by atoms with Gasteiger partial charge in [-0.15, -0.1) is 0 Å². The van der Waals surface area contributed by atoms with Crippen LogP contribution in [0.4, 0.5) is 0 Å². The third kappa shape index (κ3) is 3.48. The number of piperidine rings is 2. The van der Waals surface area contributed by atoms with Gasteiger partial charge in [-0.3, -0.25) is 4.79 Å². The van der Waals surface area contributed by atoms with Crippen LogP contribution in [0.5, 0.6) is 0 Å². The summed E-state index contributed by atoms with van der Waals surface area (Å²) >= 11 is 0. The lowest BCUT2D eigenvalue weighted by molar-refractivity contribution is -0.132. The van der Waals surface area contributed by atoms with E-state index < -0.39 is 0 Å². The van der Waals surface area contributed by atoms with Gasteiger partial charge in [0.2, 0.25) is 5.91 Å². The van der Waals surface area contributed by atoms with Crippen LogP contribution in [-0.2, 0) is 4.79 Å². The minimum atomic E-state index is 0.382. The molecular weight excluding hydrogens is 200 g/mol. The van der Waals surface area contributed by atoms with E-state index in [0.29, 0.717) is 11.9 Å². The zero-order valence-electron chi connectivity index (χ0n) is 10.2. The van der Waals surface area contributed by atoms with Crippen LogP contribution in [0, 0.1) is 0 Å². The smallest absolute Gasteiger partial charge is 0.222 e. The summed E-state index contributed by atoms with van der Waals surface area (Å²) in [6.07, 6.45) is 9.38. The Kier molecular flexibility index (Phi) is 4.64. The van der Waals surface area contributed by atoms with Gasteiger partial charge >= 0.3 is 0 Å². The zero-order chi connectivity index (χ0) is 11.2. The average molecular weight is 224 g/mol. The number of carbonyl (C=O) groups is 1. The zero-order valence-corrected chi connectivity index (χ0v) is 10.2. The minimum absolute atomic E-state index is 0.382. The van der Waals surface area contributed by atoms with Crippen LogP contribution >= 0.6 is 0 Å². The highest BCUT2D eigenvalue weighted by Gasteiger charge is 2.18. The van der Waals surface area contributed by atoms with Gasteiger partial charge < -0.3 is 10.2 Å². The summed E-state index contributed by atoms with van der Waals surface area (Å²) in [6, 6.07) is 0.600. The Bertz CT molecular complexity index is 218. The van der Waals surface area contributed by atoms with Crippen molar-refractivity contribution in [2.24, 2.45) is 0 Å². The molecule has 1 atom stereocenters. The molecule has 2 rings (SSSR count). The second-order valence-corrected chi connectivity index (χ2v) is 5.13. The Hall–Kier alpha value is -0.570. The van der Waals surface area contributed by atoms with Gasteiger partial charge in [-0.05, 0) is 45.1 Å². The molecule has 0 aromatic carbocycles. The van der Waals surface area contributed by atoms with E-state index in [1.165, 1.54) is 38.5 Å². The minimum Gasteiger partial charge on any atom is -0.343 e. The fourth-order valence-corrected chi connectivity index (χ4v) is 2.77. The first-order valence-electron chi connectivity index (χ1n) is 6.87. The number of nitrogens with one attached hydrogen (secondary N) is 1. The van der Waals surface area contributed by atoms with Gasteiger partial charge in [0, 0.05) is 25.6 Å². The highest BCUT2D eigenvalue weighted by Crippen LogP contribution is 2.15. The van der Waals surface area contributed by atoms with E-state index in [0.717, 1.165) is 32.5 Å². The van der Waals surface area contributed by atoms with Gasteiger partial charge in [0.05, 0.1) is 0 Å². The maximum absolute atomic E-state index is 11.9. The van der Waals surface area contributed by atoms with Crippen LogP contribution in [0.2, 0.25) is 0 Å². The van der Waals surface area contributed by atoms with Crippen LogP contribution in [0.15, 0.2) is 0 Å². The van der Waals surface area contributed by atoms with Gasteiger partial charge in [-0.2, -0.15) is 0 Å². The van der Waals surface area contributed by atoms with Crippen LogP contribution in [-0.4, -0.2) is 36.5 Å². The molecule has 0 bridgehead atoms. The molecule has 1 amide bonds. The highest BCUT2D eigenvalue weighted by atomic mass is 16.2. The van der Waals surface area contributed by atoms with Crippen LogP contribution in [0.25, 0.3) is 0 Å². The number of likely N-dealkylation sites (tertiary alicyclic amines) is 1. The summed E-state index contributed by atoms with van der Waals surface area (Å²) in [4.78, 5) is 14.0. The topological polar surface area (TPSA) is 32.3 Å². The number of nitrogens with zero attached hydrogens (tertiary/aromatic N) is 1. The largest absolute Gasteiger partial charge is 0.343 e. The molecule has 92 valence electrons. The standard InChI is InChI=1S/C13H24N2O/c16-13(15-10-4-1-5-11-15)8-7-12-6-2-3-9-14-12/h12,14H,1-11H2/t12-/m1/s1. The third-order valence-electron chi connectivity index (χ3n) is 3.83. The van der Waals surface area contributed by atoms with Crippen molar-refractivity contribution < 1.29 is 4.79 Å². The molecule has 0 radical (unpaired) electrons. The van der Waals surface area contributed by atoms with Crippen molar-refractivity contribution in [1.82, 2.24) is 10.2 Å². The lowest BCUT2D eigenvalue weighted by atomic mass is 10.00. The van der Waals surface area contributed by atoms with Crippen molar-refractivity contribution >= 4 is 5.91 Å². The Morgan fingerprint density at radius 3 is 2.62 bits per heavy atom. The molecule has 2 aliphatic heterocycles. The van der Waals surface area contributed by atoms with Gasteiger partial charge in [0.1, 0.15) is 0 Å². The number of amides is 1. The predicted molar refractivity (Wildman–Crippen MR) is 65.3 cm³/mol. The molecule has 0 aromatic heterocycles. The molecule has 3 heteroatoms. The second-order valence-electron chi connectivity index (χ2n) is 5.13. The first-order valence-corrected chi connectivity index (χ1v) is 6.87. The van der Waals surface area contributed by atoms with Crippen molar-refractivity contribution in [1.29, 1.82) is 0 Å². The second kappa shape index (κ2) is 6.24. The van der Waals surface area contributed by atoms with Crippen LogP contribution < -0.4 is 5.32 Å². The summed E-state index contributed by atoms with van der Waals surface area (Å²) in [5.41, 5.74) is 0. The number of carbonyl (C=O) groups excluding carboxylic acids is 1. The van der Waals surface area contributed by atoms with Gasteiger partial charge in [0.25, 0.3) is 0 Å². The van der Waals surface area contributed by atoms with Crippen molar-refractivity contribution in [2.45, 2.75) is 57.4 Å². The lowest BCUT2D eigenvalue weighted by Crippen LogP contribution is -2.38. The third-order valence-corrected chi connectivity index (χ3v) is 3.83. The maximum atomic E-state index is 11.9. The van der Waals surface area contributed by atoms with E-state index in [1.54, 1.807) is 0 Å².